The Kier molecular flexibility index (Phi) is 4.64. The molecule has 28 heavy (non-hydrogen) atoms. The minimum absolute atomic E-state index is 0.0965. The van der Waals surface area contributed by atoms with E-state index in [2.05, 4.69) is 25.6 Å². The summed E-state index contributed by atoms with van der Waals surface area (Å²) in [6.45, 7) is 2.43. The lowest BCUT2D eigenvalue weighted by atomic mass is 10.1. The van der Waals surface area contributed by atoms with E-state index in [4.69, 9.17) is 0 Å². The van der Waals surface area contributed by atoms with E-state index in [1.54, 1.807) is 11.7 Å². The number of hydrogen-bond donors (Lipinski definition) is 2. The highest BCUT2D eigenvalue weighted by Crippen LogP contribution is 2.20. The zero-order valence-electron chi connectivity index (χ0n) is 15.7. The van der Waals surface area contributed by atoms with Crippen molar-refractivity contribution in [2.75, 3.05) is 11.9 Å². The number of anilines is 1. The molecule has 0 saturated heterocycles. The number of hydrogen-bond acceptors (Lipinski definition) is 5. The zero-order chi connectivity index (χ0) is 19.7. The molecule has 0 aliphatic carbocycles. The molecule has 0 spiro atoms. The predicted molar refractivity (Wildman–Crippen MR) is 102 cm³/mol. The first-order valence-electron chi connectivity index (χ1n) is 9.09. The number of likely N-dealkylation sites (N-methyl/N-ethyl adjacent to an activating group) is 1. The Hall–Kier alpha value is -3.49. The molecule has 2 aromatic heterocycles. The molecule has 2 amide bonds. The molecule has 9 heteroatoms. The maximum atomic E-state index is 12.8. The molecule has 9 nitrogen and oxygen atoms in total. The van der Waals surface area contributed by atoms with Crippen molar-refractivity contribution in [2.45, 2.75) is 32.4 Å². The van der Waals surface area contributed by atoms with Gasteiger partial charge in [0.1, 0.15) is 17.7 Å². The molecule has 3 heterocycles. The zero-order valence-corrected chi connectivity index (χ0v) is 15.7. The van der Waals surface area contributed by atoms with Crippen molar-refractivity contribution in [3.05, 3.63) is 59.3 Å². The summed E-state index contributed by atoms with van der Waals surface area (Å²) in [6, 6.07) is 11.0. The molecule has 1 aliphatic heterocycles. The van der Waals surface area contributed by atoms with Crippen LogP contribution in [0.2, 0.25) is 0 Å². The van der Waals surface area contributed by atoms with Crippen LogP contribution in [0, 0.1) is 6.92 Å². The third-order valence-electron chi connectivity index (χ3n) is 4.75. The van der Waals surface area contributed by atoms with Crippen LogP contribution in [0.3, 0.4) is 0 Å². The van der Waals surface area contributed by atoms with Gasteiger partial charge >= 0.3 is 0 Å². The quantitative estimate of drug-likeness (QED) is 0.705. The summed E-state index contributed by atoms with van der Waals surface area (Å²) in [6.07, 6.45) is 1.00. The first kappa shape index (κ1) is 17.9. The number of carbonyl (C=O) groups is 2. The standard InChI is InChI=1S/C19H21N7O2/c1-12-10-16-25(2)19(28)14(8-9-26(16)24-12)20-18(27)17-21-15(22-23-17)11-13-6-4-3-5-7-13/h3-7,10,14H,8-9,11H2,1-2H3,(H,20,27)(H,21,22,23)/t14-/m1/s1. The normalized spacial score (nSPS) is 16.6. The van der Waals surface area contributed by atoms with Gasteiger partial charge in [-0.3, -0.25) is 14.5 Å². The van der Waals surface area contributed by atoms with Crippen molar-refractivity contribution in [1.29, 1.82) is 0 Å². The van der Waals surface area contributed by atoms with Crippen molar-refractivity contribution in [1.82, 2.24) is 30.3 Å². The minimum atomic E-state index is -0.651. The summed E-state index contributed by atoms with van der Waals surface area (Å²) < 4.78 is 1.78. The van der Waals surface area contributed by atoms with Gasteiger partial charge in [-0.25, -0.2) is 4.68 Å². The fourth-order valence-electron chi connectivity index (χ4n) is 3.32. The smallest absolute Gasteiger partial charge is 0.289 e. The van der Waals surface area contributed by atoms with Gasteiger partial charge in [0.2, 0.25) is 5.82 Å². The third-order valence-corrected chi connectivity index (χ3v) is 4.75. The van der Waals surface area contributed by atoms with Crippen LogP contribution in [-0.2, 0) is 17.8 Å². The number of benzene rings is 1. The van der Waals surface area contributed by atoms with E-state index in [-0.39, 0.29) is 11.7 Å². The van der Waals surface area contributed by atoms with Crippen molar-refractivity contribution in [3.63, 3.8) is 0 Å². The molecule has 0 bridgehead atoms. The van der Waals surface area contributed by atoms with Gasteiger partial charge in [0.25, 0.3) is 11.8 Å². The lowest BCUT2D eigenvalue weighted by molar-refractivity contribution is -0.120. The topological polar surface area (TPSA) is 109 Å². The number of aryl methyl sites for hydroxylation is 2. The van der Waals surface area contributed by atoms with E-state index in [0.717, 1.165) is 17.1 Å². The van der Waals surface area contributed by atoms with Crippen LogP contribution >= 0.6 is 0 Å². The van der Waals surface area contributed by atoms with Gasteiger partial charge in [0.15, 0.2) is 0 Å². The molecular formula is C19H21N7O2. The number of amides is 2. The first-order chi connectivity index (χ1) is 13.5. The summed E-state index contributed by atoms with van der Waals surface area (Å²) in [5, 5.41) is 15.1. The number of rotatable bonds is 4. The van der Waals surface area contributed by atoms with Gasteiger partial charge in [-0.05, 0) is 18.9 Å². The molecule has 0 saturated carbocycles. The van der Waals surface area contributed by atoms with E-state index in [0.29, 0.717) is 25.2 Å². The fraction of sp³-hybridized carbons (Fsp3) is 0.316. The molecule has 3 aromatic rings. The molecule has 144 valence electrons. The average Bonchev–Trinajstić information content (AvgIpc) is 3.28. The molecule has 0 radical (unpaired) electrons. The van der Waals surface area contributed by atoms with Crippen LogP contribution in [0.1, 0.15) is 34.1 Å². The van der Waals surface area contributed by atoms with E-state index in [1.165, 1.54) is 4.90 Å². The molecule has 4 rings (SSSR count). The van der Waals surface area contributed by atoms with Crippen LogP contribution in [-0.4, -0.2) is 49.9 Å². The summed E-state index contributed by atoms with van der Waals surface area (Å²) >= 11 is 0. The maximum Gasteiger partial charge on any atom is 0.289 e. The predicted octanol–water partition coefficient (Wildman–Crippen LogP) is 1.07. The highest BCUT2D eigenvalue weighted by atomic mass is 16.2. The van der Waals surface area contributed by atoms with Crippen molar-refractivity contribution in [2.24, 2.45) is 0 Å². The van der Waals surface area contributed by atoms with Gasteiger partial charge in [-0.1, -0.05) is 30.3 Å². The SMILES string of the molecule is Cc1cc2n(n1)CC[C@@H](NC(=O)c1nnc(Cc3ccccc3)[nH]1)C(=O)N2C. The number of aromatic nitrogens is 5. The second-order valence-electron chi connectivity index (χ2n) is 6.86. The van der Waals surface area contributed by atoms with Crippen LogP contribution in [0.5, 0.6) is 0 Å². The number of aromatic amines is 1. The van der Waals surface area contributed by atoms with E-state index >= 15 is 0 Å². The van der Waals surface area contributed by atoms with E-state index < -0.39 is 11.9 Å². The van der Waals surface area contributed by atoms with E-state index in [1.807, 2.05) is 43.3 Å². The molecule has 1 aliphatic rings. The molecule has 0 fully saturated rings. The molecule has 0 unspecified atom stereocenters. The second-order valence-corrected chi connectivity index (χ2v) is 6.86. The van der Waals surface area contributed by atoms with Gasteiger partial charge in [0, 0.05) is 26.1 Å². The Bertz CT molecular complexity index is 1010. The Morgan fingerprint density at radius 2 is 2.07 bits per heavy atom. The van der Waals surface area contributed by atoms with Crippen molar-refractivity contribution in [3.8, 4) is 0 Å². The van der Waals surface area contributed by atoms with Crippen LogP contribution in [0.15, 0.2) is 36.4 Å². The molecule has 1 atom stereocenters. The van der Waals surface area contributed by atoms with Crippen molar-refractivity contribution >= 4 is 17.6 Å². The van der Waals surface area contributed by atoms with Gasteiger partial charge in [-0.15, -0.1) is 10.2 Å². The number of fused-ring (bicyclic) bond motifs is 1. The van der Waals surface area contributed by atoms with Crippen molar-refractivity contribution < 1.29 is 9.59 Å². The second kappa shape index (κ2) is 7.26. The van der Waals surface area contributed by atoms with Gasteiger partial charge in [0.05, 0.1) is 5.69 Å². The number of nitrogens with one attached hydrogen (secondary N) is 2. The lowest BCUT2D eigenvalue weighted by Crippen LogP contribution is -2.47. The Labute approximate surface area is 161 Å². The summed E-state index contributed by atoms with van der Waals surface area (Å²) in [7, 11) is 1.69. The van der Waals surface area contributed by atoms with E-state index in [9.17, 15) is 9.59 Å². The van der Waals surface area contributed by atoms with Crippen LogP contribution in [0.4, 0.5) is 5.82 Å². The largest absolute Gasteiger partial charge is 0.337 e. The Morgan fingerprint density at radius 1 is 1.29 bits per heavy atom. The highest BCUT2D eigenvalue weighted by molar-refractivity contribution is 6.00. The fourth-order valence-corrected chi connectivity index (χ4v) is 3.32. The van der Waals surface area contributed by atoms with Gasteiger partial charge in [-0.2, -0.15) is 5.10 Å². The maximum absolute atomic E-state index is 12.8. The summed E-state index contributed by atoms with van der Waals surface area (Å²) in [4.78, 5) is 29.8. The third kappa shape index (κ3) is 3.51. The molecular weight excluding hydrogens is 358 g/mol. The van der Waals surface area contributed by atoms with Crippen LogP contribution in [0.25, 0.3) is 0 Å². The van der Waals surface area contributed by atoms with Crippen LogP contribution < -0.4 is 10.2 Å². The summed E-state index contributed by atoms with van der Waals surface area (Å²) in [5.41, 5.74) is 1.92. The Morgan fingerprint density at radius 3 is 2.86 bits per heavy atom. The molecule has 1 aromatic carbocycles. The number of H-pyrrole nitrogens is 1. The molecule has 2 N–H and O–H groups in total. The minimum Gasteiger partial charge on any atom is -0.337 e. The van der Waals surface area contributed by atoms with Gasteiger partial charge < -0.3 is 10.3 Å². The Balaban J connectivity index is 1.44. The number of carbonyl (C=O) groups excluding carboxylic acids is 2. The first-order valence-corrected chi connectivity index (χ1v) is 9.09. The average molecular weight is 379 g/mol. The lowest BCUT2D eigenvalue weighted by Gasteiger charge is -2.19. The number of nitrogens with zero attached hydrogens (tertiary/aromatic N) is 5. The highest BCUT2D eigenvalue weighted by Gasteiger charge is 2.31. The summed E-state index contributed by atoms with van der Waals surface area (Å²) in [5.74, 6) is 0.782. The monoisotopic (exact) mass is 379 g/mol.